The highest BCUT2D eigenvalue weighted by atomic mass is 35.5. The van der Waals surface area contributed by atoms with Gasteiger partial charge in [-0.1, -0.05) is 28.4 Å². The van der Waals surface area contributed by atoms with Gasteiger partial charge < -0.3 is 15.0 Å². The van der Waals surface area contributed by atoms with E-state index < -0.39 is 17.3 Å². The number of hydrogen-bond donors (Lipinski definition) is 1. The molecule has 6 nitrogen and oxygen atoms in total. The molecule has 0 fully saturated rings. The van der Waals surface area contributed by atoms with Crippen LogP contribution in [0.15, 0.2) is 40.9 Å². The van der Waals surface area contributed by atoms with Crippen LogP contribution in [0.4, 0.5) is 4.39 Å². The summed E-state index contributed by atoms with van der Waals surface area (Å²) in [6.07, 6.45) is 0. The second-order valence-corrected chi connectivity index (χ2v) is 5.72. The Bertz CT molecular complexity index is 929. The third kappa shape index (κ3) is 3.72. The monoisotopic (exact) mass is 381 g/mol. The minimum absolute atomic E-state index is 0.0723. The Hall–Kier alpha value is -2.64. The van der Waals surface area contributed by atoms with Crippen LogP contribution < -0.4 is 10.5 Å². The van der Waals surface area contributed by atoms with Gasteiger partial charge in [-0.25, -0.2) is 4.39 Å². The molecule has 0 bridgehead atoms. The summed E-state index contributed by atoms with van der Waals surface area (Å²) in [5.74, 6) is -1.21. The largest absolute Gasteiger partial charge is 0.482 e. The van der Waals surface area contributed by atoms with Crippen molar-refractivity contribution in [2.75, 3.05) is 0 Å². The predicted octanol–water partition coefficient (Wildman–Crippen LogP) is 3.86. The summed E-state index contributed by atoms with van der Waals surface area (Å²) < 4.78 is 24.1. The molecule has 0 unspecified atom stereocenters. The van der Waals surface area contributed by atoms with Crippen molar-refractivity contribution in [3.63, 3.8) is 0 Å². The van der Waals surface area contributed by atoms with E-state index in [-0.39, 0.29) is 23.3 Å². The summed E-state index contributed by atoms with van der Waals surface area (Å²) in [7, 11) is 0. The number of aromatic nitrogens is 2. The lowest BCUT2D eigenvalue weighted by molar-refractivity contribution is 0.0996. The highest BCUT2D eigenvalue weighted by molar-refractivity contribution is 6.35. The second-order valence-electron chi connectivity index (χ2n) is 4.91. The van der Waals surface area contributed by atoms with Crippen molar-refractivity contribution in [2.45, 2.75) is 6.61 Å². The van der Waals surface area contributed by atoms with Gasteiger partial charge in [-0.2, -0.15) is 4.98 Å². The zero-order valence-electron chi connectivity index (χ0n) is 12.5. The molecule has 1 aromatic heterocycles. The minimum Gasteiger partial charge on any atom is -0.482 e. The standard InChI is InChI=1S/C16H10Cl2FN3O3/c17-9-3-1-8(2-4-9)16-21-12(25-22-16)7-24-11-6-5-10(19)13(14(11)18)15(20)23/h1-6H,7H2,(H2,20,23). The van der Waals surface area contributed by atoms with Crippen LogP contribution in [-0.2, 0) is 6.61 Å². The van der Waals surface area contributed by atoms with Gasteiger partial charge in [0.25, 0.3) is 11.8 Å². The van der Waals surface area contributed by atoms with E-state index in [0.29, 0.717) is 10.8 Å². The first-order valence-corrected chi connectivity index (χ1v) is 7.70. The quantitative estimate of drug-likeness (QED) is 0.724. The van der Waals surface area contributed by atoms with Crippen LogP contribution in [0.2, 0.25) is 10.0 Å². The molecule has 2 N–H and O–H groups in total. The number of nitrogens with two attached hydrogens (primary N) is 1. The molecule has 2 aromatic carbocycles. The van der Waals surface area contributed by atoms with Crippen molar-refractivity contribution in [3.05, 3.63) is 63.7 Å². The molecule has 0 atom stereocenters. The second kappa shape index (κ2) is 7.08. The summed E-state index contributed by atoms with van der Waals surface area (Å²) in [4.78, 5) is 15.4. The first kappa shape index (κ1) is 17.2. The van der Waals surface area contributed by atoms with Crippen molar-refractivity contribution >= 4 is 29.1 Å². The molecule has 3 aromatic rings. The SMILES string of the molecule is NC(=O)c1c(F)ccc(OCc2nc(-c3ccc(Cl)cc3)no2)c1Cl. The first-order chi connectivity index (χ1) is 12.0. The molecule has 0 aliphatic rings. The summed E-state index contributed by atoms with van der Waals surface area (Å²) in [6, 6.07) is 9.20. The molecule has 0 spiro atoms. The van der Waals surface area contributed by atoms with E-state index in [9.17, 15) is 9.18 Å². The van der Waals surface area contributed by atoms with Gasteiger partial charge in [0.2, 0.25) is 5.82 Å². The molecule has 0 saturated carbocycles. The maximum atomic E-state index is 13.6. The highest BCUT2D eigenvalue weighted by Gasteiger charge is 2.18. The van der Waals surface area contributed by atoms with Crippen molar-refractivity contribution < 1.29 is 18.4 Å². The Kier molecular flexibility index (Phi) is 4.87. The Morgan fingerprint density at radius 1 is 1.20 bits per heavy atom. The Balaban J connectivity index is 1.76. The van der Waals surface area contributed by atoms with Gasteiger partial charge in [0.05, 0.1) is 10.6 Å². The van der Waals surface area contributed by atoms with Gasteiger partial charge in [0, 0.05) is 10.6 Å². The number of nitrogens with zero attached hydrogens (tertiary/aromatic N) is 2. The number of ether oxygens (including phenoxy) is 1. The first-order valence-electron chi connectivity index (χ1n) is 6.95. The van der Waals surface area contributed by atoms with E-state index in [1.165, 1.54) is 6.07 Å². The molecule has 0 aliphatic heterocycles. The number of hydrogen-bond acceptors (Lipinski definition) is 5. The molecule has 1 heterocycles. The zero-order chi connectivity index (χ0) is 18.0. The minimum atomic E-state index is -0.990. The van der Waals surface area contributed by atoms with E-state index in [4.69, 9.17) is 38.2 Å². The van der Waals surface area contributed by atoms with E-state index in [1.54, 1.807) is 24.3 Å². The Morgan fingerprint density at radius 3 is 2.60 bits per heavy atom. The molecule has 9 heteroatoms. The average Bonchev–Trinajstić information content (AvgIpc) is 3.03. The fourth-order valence-electron chi connectivity index (χ4n) is 2.04. The maximum absolute atomic E-state index is 13.6. The lowest BCUT2D eigenvalue weighted by atomic mass is 10.2. The van der Waals surface area contributed by atoms with Crippen LogP contribution in [-0.4, -0.2) is 16.0 Å². The third-order valence-electron chi connectivity index (χ3n) is 3.22. The number of amides is 1. The number of benzene rings is 2. The van der Waals surface area contributed by atoms with Crippen LogP contribution in [0.25, 0.3) is 11.4 Å². The van der Waals surface area contributed by atoms with E-state index in [0.717, 1.165) is 11.6 Å². The van der Waals surface area contributed by atoms with E-state index in [1.807, 2.05) is 0 Å². The van der Waals surface area contributed by atoms with Gasteiger partial charge in [0.1, 0.15) is 11.6 Å². The van der Waals surface area contributed by atoms with Crippen molar-refractivity contribution in [3.8, 4) is 17.1 Å². The maximum Gasteiger partial charge on any atom is 0.264 e. The van der Waals surface area contributed by atoms with Crippen LogP contribution in [0, 0.1) is 5.82 Å². The molecule has 0 radical (unpaired) electrons. The molecular formula is C16H10Cl2FN3O3. The number of rotatable bonds is 5. The lowest BCUT2D eigenvalue weighted by Crippen LogP contribution is -2.14. The van der Waals surface area contributed by atoms with Crippen molar-refractivity contribution in [2.24, 2.45) is 5.73 Å². The fraction of sp³-hybridized carbons (Fsp3) is 0.0625. The van der Waals surface area contributed by atoms with Crippen molar-refractivity contribution in [1.29, 1.82) is 0 Å². The molecule has 1 amide bonds. The van der Waals surface area contributed by atoms with E-state index >= 15 is 0 Å². The molecular weight excluding hydrogens is 372 g/mol. The average molecular weight is 382 g/mol. The summed E-state index contributed by atoms with van der Waals surface area (Å²) in [5.41, 5.74) is 5.38. The normalized spacial score (nSPS) is 10.7. The molecule has 128 valence electrons. The van der Waals surface area contributed by atoms with Gasteiger partial charge in [0.15, 0.2) is 6.61 Å². The number of carbonyl (C=O) groups excluding carboxylic acids is 1. The van der Waals surface area contributed by atoms with Gasteiger partial charge >= 0.3 is 0 Å². The molecule has 25 heavy (non-hydrogen) atoms. The summed E-state index contributed by atoms with van der Waals surface area (Å²) in [6.45, 7) is -0.121. The zero-order valence-corrected chi connectivity index (χ0v) is 14.0. The summed E-state index contributed by atoms with van der Waals surface area (Å²) in [5, 5.41) is 4.21. The third-order valence-corrected chi connectivity index (χ3v) is 3.85. The number of primary amides is 1. The van der Waals surface area contributed by atoms with Gasteiger partial charge in [-0.3, -0.25) is 4.79 Å². The number of carbonyl (C=O) groups is 1. The topological polar surface area (TPSA) is 91.2 Å². The molecule has 0 aliphatic carbocycles. The van der Waals surface area contributed by atoms with Crippen molar-refractivity contribution in [1.82, 2.24) is 10.1 Å². The predicted molar refractivity (Wildman–Crippen MR) is 89.0 cm³/mol. The summed E-state index contributed by atoms with van der Waals surface area (Å²) >= 11 is 11.8. The molecule has 3 rings (SSSR count). The highest BCUT2D eigenvalue weighted by Crippen LogP contribution is 2.30. The van der Waals surface area contributed by atoms with Gasteiger partial charge in [-0.15, -0.1) is 0 Å². The Morgan fingerprint density at radius 2 is 1.92 bits per heavy atom. The van der Waals surface area contributed by atoms with Crippen LogP contribution in [0.5, 0.6) is 5.75 Å². The Labute approximate surface area is 151 Å². The van der Waals surface area contributed by atoms with Crippen LogP contribution >= 0.6 is 23.2 Å². The van der Waals surface area contributed by atoms with Crippen LogP contribution in [0.1, 0.15) is 16.2 Å². The number of halogens is 3. The fourth-order valence-corrected chi connectivity index (χ4v) is 2.47. The smallest absolute Gasteiger partial charge is 0.264 e. The van der Waals surface area contributed by atoms with E-state index in [2.05, 4.69) is 10.1 Å². The lowest BCUT2D eigenvalue weighted by Gasteiger charge is -2.08. The van der Waals surface area contributed by atoms with Crippen LogP contribution in [0.3, 0.4) is 0 Å². The molecule has 0 saturated heterocycles. The van der Waals surface area contributed by atoms with Gasteiger partial charge in [-0.05, 0) is 36.4 Å².